The van der Waals surface area contributed by atoms with Gasteiger partial charge < -0.3 is 28.7 Å². The molecule has 4 aliphatic rings. The zero-order valence-electron chi connectivity index (χ0n) is 21.6. The van der Waals surface area contributed by atoms with E-state index in [2.05, 4.69) is 46.1 Å². The van der Waals surface area contributed by atoms with Crippen LogP contribution in [-0.4, -0.2) is 50.9 Å². The summed E-state index contributed by atoms with van der Waals surface area (Å²) in [5, 5.41) is 2.99. The van der Waals surface area contributed by atoms with Crippen molar-refractivity contribution in [2.45, 2.75) is 121 Å². The van der Waals surface area contributed by atoms with E-state index >= 15 is 0 Å². The summed E-state index contributed by atoms with van der Waals surface area (Å²) in [6.07, 6.45) is 1.09. The number of benzene rings is 1. The van der Waals surface area contributed by atoms with Gasteiger partial charge in [-0.25, -0.2) is 4.79 Å². The van der Waals surface area contributed by atoms with E-state index in [9.17, 15) is 4.79 Å². The molecule has 8 heteroatoms. The minimum atomic E-state index is -2.11. The fourth-order valence-corrected chi connectivity index (χ4v) is 6.08. The number of hydrogen-bond donors (Lipinski definition) is 1. The number of hydrogen-bond acceptors (Lipinski definition) is 6. The Morgan fingerprint density at radius 3 is 2.41 bits per heavy atom. The van der Waals surface area contributed by atoms with Crippen LogP contribution in [0.25, 0.3) is 0 Å². The lowest BCUT2D eigenvalue weighted by atomic mass is 9.83. The molecule has 190 valence electrons. The lowest BCUT2D eigenvalue weighted by Gasteiger charge is -2.61. The van der Waals surface area contributed by atoms with Crippen LogP contribution in [-0.2, 0) is 23.4 Å². The highest BCUT2D eigenvalue weighted by Crippen LogP contribution is 2.50. The molecule has 1 aromatic carbocycles. The number of alkyl carbamates (subject to hydrolysis) is 1. The maximum Gasteiger partial charge on any atom is 0.408 e. The number of rotatable bonds is 8. The molecular weight excluding hydrogens is 450 g/mol. The molecule has 7 atom stereocenters. The summed E-state index contributed by atoms with van der Waals surface area (Å²) in [6, 6.07) is 9.66. The first kappa shape index (κ1) is 25.6. The molecular formula is C26H41NO6Si. The second kappa shape index (κ2) is 9.54. The van der Waals surface area contributed by atoms with Crippen LogP contribution in [0.1, 0.15) is 71.9 Å². The van der Waals surface area contributed by atoms with Crippen molar-refractivity contribution in [1.82, 2.24) is 5.32 Å². The van der Waals surface area contributed by atoms with Crippen molar-refractivity contribution in [3.63, 3.8) is 0 Å². The molecule has 0 aromatic heterocycles. The van der Waals surface area contributed by atoms with Gasteiger partial charge in [-0.15, -0.1) is 0 Å². The molecule has 1 N–H and O–H groups in total. The molecule has 4 fully saturated rings. The fourth-order valence-electron chi connectivity index (χ4n) is 4.76. The van der Waals surface area contributed by atoms with Gasteiger partial charge in [0.2, 0.25) is 0 Å². The normalized spacial score (nSPS) is 33.6. The Labute approximate surface area is 204 Å². The van der Waals surface area contributed by atoms with Crippen molar-refractivity contribution < 1.29 is 28.2 Å². The molecule has 3 aliphatic heterocycles. The monoisotopic (exact) mass is 491 g/mol. The summed E-state index contributed by atoms with van der Waals surface area (Å²) in [7, 11) is -2.11. The Hall–Kier alpha value is -1.45. The zero-order valence-corrected chi connectivity index (χ0v) is 22.6. The zero-order chi connectivity index (χ0) is 24.7. The van der Waals surface area contributed by atoms with Crippen molar-refractivity contribution in [3.05, 3.63) is 35.9 Å². The first-order valence-electron chi connectivity index (χ1n) is 12.7. The number of carbonyl (C=O) groups excluding carboxylic acids is 1. The average Bonchev–Trinajstić information content (AvgIpc) is 2.77. The van der Waals surface area contributed by atoms with Crippen molar-refractivity contribution in [2.75, 3.05) is 0 Å². The number of carbonyl (C=O) groups is 1. The molecule has 0 spiro atoms. The van der Waals surface area contributed by atoms with E-state index in [1.807, 2.05) is 37.3 Å². The number of nitrogens with one attached hydrogen (secondary N) is 1. The van der Waals surface area contributed by atoms with Crippen molar-refractivity contribution in [3.8, 4) is 0 Å². The van der Waals surface area contributed by atoms with Gasteiger partial charge in [-0.1, -0.05) is 64.4 Å². The highest BCUT2D eigenvalue weighted by Gasteiger charge is 2.65. The van der Waals surface area contributed by atoms with Crippen LogP contribution in [0.3, 0.4) is 0 Å². The van der Waals surface area contributed by atoms with Gasteiger partial charge in [0.15, 0.2) is 14.4 Å². The lowest BCUT2D eigenvalue weighted by molar-refractivity contribution is -0.523. The molecule has 1 aromatic rings. The highest BCUT2D eigenvalue weighted by atomic mass is 28.4. The van der Waals surface area contributed by atoms with Gasteiger partial charge in [-0.3, -0.25) is 0 Å². The molecule has 4 bridgehead atoms. The van der Waals surface area contributed by atoms with Gasteiger partial charge in [0.05, 0.1) is 12.1 Å². The van der Waals surface area contributed by atoms with Gasteiger partial charge in [0.25, 0.3) is 5.97 Å². The van der Waals surface area contributed by atoms with Crippen molar-refractivity contribution in [1.29, 1.82) is 0 Å². The van der Waals surface area contributed by atoms with E-state index in [-0.39, 0.29) is 29.4 Å². The standard InChI is InChI=1S/C26H41NO6Si/c1-8-9-15-26-30-19-16-20(31-26)22(33-34(6,7)25(3,4)5)23(32-26)21(19)29-24(28)27-17(2)18-13-11-10-12-14-18/h10-14,17,19-23H,8-9,15-16H2,1-7H3,(H,27,28)/t17-,19-,20+,21+,22+,23-,26?/m0/s1. The first-order chi connectivity index (χ1) is 15.9. The Bertz CT molecular complexity index is 859. The summed E-state index contributed by atoms with van der Waals surface area (Å²) >= 11 is 0. The predicted molar refractivity (Wildman–Crippen MR) is 132 cm³/mol. The topological polar surface area (TPSA) is 75.3 Å². The van der Waals surface area contributed by atoms with Crippen LogP contribution in [0.15, 0.2) is 30.3 Å². The fraction of sp³-hybridized carbons (Fsp3) is 0.731. The van der Waals surface area contributed by atoms with Crippen LogP contribution in [0, 0.1) is 0 Å². The average molecular weight is 492 g/mol. The summed E-state index contributed by atoms with van der Waals surface area (Å²) in [4.78, 5) is 12.9. The molecule has 1 saturated carbocycles. The van der Waals surface area contributed by atoms with Gasteiger partial charge in [0.1, 0.15) is 18.3 Å². The third-order valence-corrected chi connectivity index (χ3v) is 12.2. The Balaban J connectivity index is 1.51. The van der Waals surface area contributed by atoms with Crippen LogP contribution in [0.5, 0.6) is 0 Å². The van der Waals surface area contributed by atoms with Crippen LogP contribution < -0.4 is 5.32 Å². The third-order valence-electron chi connectivity index (χ3n) is 7.77. The molecule has 3 saturated heterocycles. The predicted octanol–water partition coefficient (Wildman–Crippen LogP) is 5.66. The second-order valence-electron chi connectivity index (χ2n) is 11.4. The van der Waals surface area contributed by atoms with E-state index in [0.29, 0.717) is 12.8 Å². The summed E-state index contributed by atoms with van der Waals surface area (Å²) in [6.45, 7) is 15.2. The van der Waals surface area contributed by atoms with Crippen LogP contribution in [0.2, 0.25) is 18.1 Å². The van der Waals surface area contributed by atoms with Crippen molar-refractivity contribution in [2.24, 2.45) is 0 Å². The van der Waals surface area contributed by atoms with E-state index in [0.717, 1.165) is 18.4 Å². The lowest BCUT2D eigenvalue weighted by Crippen LogP contribution is -2.75. The molecule has 5 rings (SSSR count). The van der Waals surface area contributed by atoms with E-state index < -0.39 is 32.6 Å². The van der Waals surface area contributed by atoms with Crippen LogP contribution in [0.4, 0.5) is 4.79 Å². The number of unbranched alkanes of at least 4 members (excludes halogenated alkanes) is 1. The van der Waals surface area contributed by atoms with Gasteiger partial charge >= 0.3 is 6.09 Å². The quantitative estimate of drug-likeness (QED) is 0.473. The maximum atomic E-state index is 12.9. The van der Waals surface area contributed by atoms with Gasteiger partial charge in [0, 0.05) is 12.8 Å². The summed E-state index contributed by atoms with van der Waals surface area (Å²) in [5.74, 6) is -1.06. The molecule has 34 heavy (non-hydrogen) atoms. The molecule has 1 aliphatic carbocycles. The highest BCUT2D eigenvalue weighted by molar-refractivity contribution is 6.74. The Kier molecular flexibility index (Phi) is 7.19. The van der Waals surface area contributed by atoms with Crippen molar-refractivity contribution >= 4 is 14.4 Å². The van der Waals surface area contributed by atoms with E-state index in [1.54, 1.807) is 0 Å². The Morgan fingerprint density at radius 2 is 1.79 bits per heavy atom. The van der Waals surface area contributed by atoms with E-state index in [1.165, 1.54) is 0 Å². The minimum absolute atomic E-state index is 0.0386. The minimum Gasteiger partial charge on any atom is -0.441 e. The summed E-state index contributed by atoms with van der Waals surface area (Å²) < 4.78 is 31.9. The molecule has 1 amide bonds. The van der Waals surface area contributed by atoms with Crippen LogP contribution >= 0.6 is 0 Å². The van der Waals surface area contributed by atoms with Gasteiger partial charge in [-0.05, 0) is 37.0 Å². The van der Waals surface area contributed by atoms with E-state index in [4.69, 9.17) is 23.4 Å². The number of amides is 1. The van der Waals surface area contributed by atoms with Gasteiger partial charge in [-0.2, -0.15) is 0 Å². The maximum absolute atomic E-state index is 12.9. The smallest absolute Gasteiger partial charge is 0.408 e. The SMILES string of the molecule is CCCCC12O[C@H]3[C@H](OC(=O)N[C@@H](C)c4ccccc4)[C@H](C[C@@H](O1)[C@H]3O[Si](C)(C)C(C)(C)C)O2. The molecule has 3 heterocycles. The Morgan fingerprint density at radius 1 is 1.15 bits per heavy atom. The number of ether oxygens (including phenoxy) is 4. The first-order valence-corrected chi connectivity index (χ1v) is 15.6. The third kappa shape index (κ3) is 5.07. The molecule has 1 unspecified atom stereocenters. The largest absolute Gasteiger partial charge is 0.441 e. The second-order valence-corrected chi connectivity index (χ2v) is 16.2. The summed E-state index contributed by atoms with van der Waals surface area (Å²) in [5.41, 5.74) is 1.02. The molecule has 7 nitrogen and oxygen atoms in total. The molecule has 0 radical (unpaired) electrons.